The zero-order valence-electron chi connectivity index (χ0n) is 11.4. The molecule has 6 heteroatoms. The molecular weight excluding hydrogens is 248 g/mol. The van der Waals surface area contributed by atoms with E-state index in [1.165, 1.54) is 13.2 Å². The predicted octanol–water partition coefficient (Wildman–Crippen LogP) is 0.519. The first kappa shape index (κ1) is 15.3. The number of carbonyl (C=O) groups is 1. The Balaban J connectivity index is 3.17. The number of anilines is 2. The molecule has 0 aliphatic carbocycles. The van der Waals surface area contributed by atoms with Gasteiger partial charge < -0.3 is 26.0 Å². The number of benzene rings is 1. The van der Waals surface area contributed by atoms with Crippen molar-refractivity contribution in [2.75, 3.05) is 31.4 Å². The van der Waals surface area contributed by atoms with Crippen LogP contribution in [0.3, 0.4) is 0 Å². The van der Waals surface area contributed by atoms with Gasteiger partial charge in [0.15, 0.2) is 0 Å². The highest BCUT2D eigenvalue weighted by Crippen LogP contribution is 2.25. The smallest absolute Gasteiger partial charge is 0.340 e. The van der Waals surface area contributed by atoms with E-state index in [4.69, 9.17) is 5.73 Å². The Morgan fingerprint density at radius 1 is 1.42 bits per heavy atom. The Labute approximate surface area is 112 Å². The second-order valence-electron chi connectivity index (χ2n) is 4.75. The summed E-state index contributed by atoms with van der Waals surface area (Å²) in [6.45, 7) is 2.93. The number of rotatable bonds is 5. The number of nitrogens with one attached hydrogen (secondary N) is 1. The topological polar surface area (TPSA) is 105 Å². The van der Waals surface area contributed by atoms with Crippen LogP contribution in [0.2, 0.25) is 0 Å². The first-order valence-corrected chi connectivity index (χ1v) is 5.85. The molecule has 0 fully saturated rings. The fraction of sp³-hybridized carbons (Fsp3) is 0.462. The second kappa shape index (κ2) is 5.90. The molecule has 0 bridgehead atoms. The number of ether oxygens (including phenoxy) is 1. The summed E-state index contributed by atoms with van der Waals surface area (Å²) in [6, 6.07) is 3.28. The van der Waals surface area contributed by atoms with Gasteiger partial charge in [0.25, 0.3) is 0 Å². The molecule has 0 heterocycles. The molecule has 0 spiro atoms. The van der Waals surface area contributed by atoms with E-state index in [0.29, 0.717) is 16.9 Å². The van der Waals surface area contributed by atoms with Gasteiger partial charge in [0, 0.05) is 11.4 Å². The van der Waals surface area contributed by atoms with Crippen molar-refractivity contribution in [2.45, 2.75) is 19.4 Å². The molecule has 1 aromatic carbocycles. The van der Waals surface area contributed by atoms with E-state index in [0.717, 1.165) is 0 Å². The van der Waals surface area contributed by atoms with Gasteiger partial charge in [0.2, 0.25) is 0 Å². The van der Waals surface area contributed by atoms with Gasteiger partial charge in [0.05, 0.1) is 31.4 Å². The van der Waals surface area contributed by atoms with Crippen molar-refractivity contribution in [3.8, 4) is 0 Å². The van der Waals surface area contributed by atoms with Crippen molar-refractivity contribution in [3.63, 3.8) is 0 Å². The number of aryl methyl sites for hydroxylation is 1. The van der Waals surface area contributed by atoms with Gasteiger partial charge >= 0.3 is 5.97 Å². The SMILES string of the molecule is COC(=O)c1cc(NC(C)(CO)CO)cc(C)c1N. The van der Waals surface area contributed by atoms with E-state index in [1.54, 1.807) is 19.9 Å². The summed E-state index contributed by atoms with van der Waals surface area (Å²) >= 11 is 0. The number of hydrogen-bond acceptors (Lipinski definition) is 6. The summed E-state index contributed by atoms with van der Waals surface area (Å²) in [5.41, 5.74) is 6.85. The van der Waals surface area contributed by atoms with Crippen LogP contribution in [0.25, 0.3) is 0 Å². The monoisotopic (exact) mass is 268 g/mol. The van der Waals surface area contributed by atoms with Gasteiger partial charge in [-0.15, -0.1) is 0 Å². The fourth-order valence-electron chi connectivity index (χ4n) is 1.63. The predicted molar refractivity (Wildman–Crippen MR) is 73.1 cm³/mol. The van der Waals surface area contributed by atoms with Crippen molar-refractivity contribution in [1.29, 1.82) is 0 Å². The molecule has 0 unspecified atom stereocenters. The highest BCUT2D eigenvalue weighted by molar-refractivity contribution is 5.97. The molecule has 6 nitrogen and oxygen atoms in total. The molecule has 1 aromatic rings. The van der Waals surface area contributed by atoms with Crippen molar-refractivity contribution in [2.24, 2.45) is 0 Å². The first-order chi connectivity index (χ1) is 8.86. The summed E-state index contributed by atoms with van der Waals surface area (Å²) in [6.07, 6.45) is 0. The molecule has 0 amide bonds. The Kier molecular flexibility index (Phi) is 4.74. The molecule has 1 rings (SSSR count). The van der Waals surface area contributed by atoms with E-state index >= 15 is 0 Å². The van der Waals surface area contributed by atoms with Gasteiger partial charge in [-0.2, -0.15) is 0 Å². The second-order valence-corrected chi connectivity index (χ2v) is 4.75. The number of methoxy groups -OCH3 is 1. The highest BCUT2D eigenvalue weighted by Gasteiger charge is 2.23. The molecule has 0 aromatic heterocycles. The van der Waals surface area contributed by atoms with Gasteiger partial charge in [-0.05, 0) is 31.5 Å². The highest BCUT2D eigenvalue weighted by atomic mass is 16.5. The van der Waals surface area contributed by atoms with Crippen LogP contribution in [-0.2, 0) is 4.74 Å². The van der Waals surface area contributed by atoms with Crippen LogP contribution in [0, 0.1) is 6.92 Å². The Hall–Kier alpha value is -1.79. The van der Waals surface area contributed by atoms with Crippen molar-refractivity contribution >= 4 is 17.3 Å². The van der Waals surface area contributed by atoms with Gasteiger partial charge in [-0.25, -0.2) is 4.79 Å². The summed E-state index contributed by atoms with van der Waals surface area (Å²) < 4.78 is 4.66. The third-order valence-electron chi connectivity index (χ3n) is 2.94. The maximum atomic E-state index is 11.6. The number of nitrogens with two attached hydrogens (primary N) is 1. The van der Waals surface area contributed by atoms with E-state index in [2.05, 4.69) is 10.1 Å². The lowest BCUT2D eigenvalue weighted by atomic mass is 10.0. The van der Waals surface area contributed by atoms with E-state index in [1.807, 2.05) is 0 Å². The van der Waals surface area contributed by atoms with Crippen LogP contribution in [0.15, 0.2) is 12.1 Å². The maximum absolute atomic E-state index is 11.6. The summed E-state index contributed by atoms with van der Waals surface area (Å²) in [4.78, 5) is 11.6. The van der Waals surface area contributed by atoms with Crippen LogP contribution < -0.4 is 11.1 Å². The van der Waals surface area contributed by atoms with Crippen LogP contribution in [0.4, 0.5) is 11.4 Å². The lowest BCUT2D eigenvalue weighted by Crippen LogP contribution is -2.42. The summed E-state index contributed by atoms with van der Waals surface area (Å²) in [5, 5.41) is 21.5. The standard InChI is InChI=1S/C13H20N2O4/c1-8-4-9(15-13(2,6-16)7-17)5-10(11(8)14)12(18)19-3/h4-5,15-17H,6-7,14H2,1-3H3. The largest absolute Gasteiger partial charge is 0.465 e. The van der Waals surface area contributed by atoms with E-state index in [9.17, 15) is 15.0 Å². The zero-order valence-corrected chi connectivity index (χ0v) is 11.4. The third-order valence-corrected chi connectivity index (χ3v) is 2.94. The average Bonchev–Trinajstić information content (AvgIpc) is 2.41. The van der Waals surface area contributed by atoms with Crippen molar-refractivity contribution in [3.05, 3.63) is 23.3 Å². The first-order valence-electron chi connectivity index (χ1n) is 5.85. The molecule has 0 saturated heterocycles. The minimum atomic E-state index is -0.879. The lowest BCUT2D eigenvalue weighted by molar-refractivity contribution is 0.0602. The number of aliphatic hydroxyl groups is 2. The molecule has 0 saturated carbocycles. The van der Waals surface area contributed by atoms with Crippen LogP contribution in [-0.4, -0.2) is 42.0 Å². The Morgan fingerprint density at radius 3 is 2.47 bits per heavy atom. The van der Waals surface area contributed by atoms with Crippen LogP contribution in [0.1, 0.15) is 22.8 Å². The molecule has 19 heavy (non-hydrogen) atoms. The number of esters is 1. The van der Waals surface area contributed by atoms with Gasteiger partial charge in [0.1, 0.15) is 0 Å². The molecular formula is C13H20N2O4. The Morgan fingerprint density at radius 2 is 2.00 bits per heavy atom. The zero-order chi connectivity index (χ0) is 14.6. The van der Waals surface area contributed by atoms with Gasteiger partial charge in [-0.1, -0.05) is 0 Å². The quantitative estimate of drug-likeness (QED) is 0.458. The number of nitrogen functional groups attached to an aromatic ring is 1. The molecule has 0 aliphatic rings. The Bertz CT molecular complexity index is 470. The van der Waals surface area contributed by atoms with Crippen LogP contribution >= 0.6 is 0 Å². The minimum absolute atomic E-state index is 0.250. The maximum Gasteiger partial charge on any atom is 0.340 e. The van der Waals surface area contributed by atoms with Gasteiger partial charge in [-0.3, -0.25) is 0 Å². The lowest BCUT2D eigenvalue weighted by Gasteiger charge is -2.28. The molecule has 0 atom stereocenters. The fourth-order valence-corrected chi connectivity index (χ4v) is 1.63. The molecule has 0 aliphatic heterocycles. The van der Waals surface area contributed by atoms with Crippen molar-refractivity contribution in [1.82, 2.24) is 0 Å². The number of hydrogen-bond donors (Lipinski definition) is 4. The summed E-state index contributed by atoms with van der Waals surface area (Å²) in [5.74, 6) is -0.529. The average molecular weight is 268 g/mol. The third kappa shape index (κ3) is 3.36. The van der Waals surface area contributed by atoms with Crippen LogP contribution in [0.5, 0.6) is 0 Å². The van der Waals surface area contributed by atoms with Crippen molar-refractivity contribution < 1.29 is 19.7 Å². The minimum Gasteiger partial charge on any atom is -0.465 e. The van der Waals surface area contributed by atoms with E-state index < -0.39 is 11.5 Å². The number of aliphatic hydroxyl groups excluding tert-OH is 2. The molecule has 5 N–H and O–H groups in total. The van der Waals surface area contributed by atoms with E-state index in [-0.39, 0.29) is 18.8 Å². The normalized spacial score (nSPS) is 11.2. The summed E-state index contributed by atoms with van der Waals surface area (Å²) in [7, 11) is 1.28. The molecule has 0 radical (unpaired) electrons. The molecule has 106 valence electrons. The number of carbonyl (C=O) groups excluding carboxylic acids is 1.